The fourth-order valence-electron chi connectivity index (χ4n) is 2.76. The van der Waals surface area contributed by atoms with E-state index in [4.69, 9.17) is 0 Å². The topological polar surface area (TPSA) is 96.0 Å². The molecule has 0 spiro atoms. The first-order valence-electron chi connectivity index (χ1n) is 8.24. The molecule has 0 radical (unpaired) electrons. The van der Waals surface area contributed by atoms with Crippen LogP contribution >= 0.6 is 0 Å². The molecule has 2 aromatic rings. The molecule has 0 saturated heterocycles. The predicted molar refractivity (Wildman–Crippen MR) is 105 cm³/mol. The van der Waals surface area contributed by atoms with Crippen molar-refractivity contribution in [3.8, 4) is 6.07 Å². The lowest BCUT2D eigenvalue weighted by Crippen LogP contribution is -2.15. The molecule has 6 nitrogen and oxygen atoms in total. The summed E-state index contributed by atoms with van der Waals surface area (Å²) in [7, 11) is 0. The second-order valence-electron chi connectivity index (χ2n) is 6.10. The minimum absolute atomic E-state index is 0.0454. The van der Waals surface area contributed by atoms with Gasteiger partial charge in [-0.1, -0.05) is 35.9 Å². The summed E-state index contributed by atoms with van der Waals surface area (Å²) in [6.45, 7) is 5.75. The van der Waals surface area contributed by atoms with Crippen molar-refractivity contribution < 1.29 is 9.72 Å². The summed E-state index contributed by atoms with van der Waals surface area (Å²) in [6.07, 6.45) is 4.28. The van der Waals surface area contributed by atoms with Gasteiger partial charge in [-0.15, -0.1) is 0 Å². The van der Waals surface area contributed by atoms with E-state index >= 15 is 0 Å². The van der Waals surface area contributed by atoms with Crippen LogP contribution in [-0.4, -0.2) is 10.8 Å². The highest BCUT2D eigenvalue weighted by atomic mass is 16.6. The molecule has 2 aromatic carbocycles. The summed E-state index contributed by atoms with van der Waals surface area (Å²) >= 11 is 0. The number of nitrogens with one attached hydrogen (secondary N) is 1. The number of nitriles is 1. The zero-order valence-corrected chi connectivity index (χ0v) is 15.3. The number of nitro benzene ring substituents is 1. The van der Waals surface area contributed by atoms with E-state index in [2.05, 4.69) is 5.32 Å². The van der Waals surface area contributed by atoms with Gasteiger partial charge in [-0.2, -0.15) is 5.26 Å². The lowest BCUT2D eigenvalue weighted by molar-refractivity contribution is -0.385. The third-order valence-corrected chi connectivity index (χ3v) is 3.95. The number of benzene rings is 2. The third-order valence-electron chi connectivity index (χ3n) is 3.95. The number of hydrogen-bond acceptors (Lipinski definition) is 4. The fraction of sp³-hybridized carbons (Fsp3) is 0.143. The Balaban J connectivity index is 2.23. The third kappa shape index (κ3) is 4.89. The maximum Gasteiger partial charge on any atom is 0.276 e. The number of aryl methyl sites for hydroxylation is 3. The molecule has 136 valence electrons. The number of amides is 1. The van der Waals surface area contributed by atoms with Gasteiger partial charge in [0, 0.05) is 11.8 Å². The number of nitrogens with zero attached hydrogens (tertiary/aromatic N) is 2. The Labute approximate surface area is 157 Å². The van der Waals surface area contributed by atoms with Crippen molar-refractivity contribution in [3.63, 3.8) is 0 Å². The molecule has 0 aliphatic rings. The van der Waals surface area contributed by atoms with Gasteiger partial charge >= 0.3 is 0 Å². The number of hydrogen-bond donors (Lipinski definition) is 1. The molecule has 0 unspecified atom stereocenters. The molecule has 0 aliphatic heterocycles. The Bertz CT molecular complexity index is 975. The molecule has 0 fully saturated rings. The first-order chi connectivity index (χ1) is 12.8. The van der Waals surface area contributed by atoms with Crippen LogP contribution in [-0.2, 0) is 4.79 Å². The van der Waals surface area contributed by atoms with Crippen LogP contribution < -0.4 is 5.32 Å². The molecule has 0 saturated carbocycles. The summed E-state index contributed by atoms with van der Waals surface area (Å²) in [4.78, 5) is 22.9. The van der Waals surface area contributed by atoms with E-state index in [0.29, 0.717) is 11.3 Å². The number of allylic oxidation sites excluding steroid dienone is 2. The Morgan fingerprint density at radius 2 is 1.81 bits per heavy atom. The molecule has 27 heavy (non-hydrogen) atoms. The molecule has 0 aliphatic carbocycles. The molecule has 0 aromatic heterocycles. The maximum atomic E-state index is 12.4. The van der Waals surface area contributed by atoms with Gasteiger partial charge in [-0.05, 0) is 50.1 Å². The molecule has 0 bridgehead atoms. The van der Waals surface area contributed by atoms with Crippen LogP contribution in [0.15, 0.2) is 54.1 Å². The van der Waals surface area contributed by atoms with E-state index in [9.17, 15) is 20.2 Å². The normalized spacial score (nSPS) is 11.3. The molecule has 2 rings (SSSR count). The molecular weight excluding hydrogens is 342 g/mol. The molecule has 0 atom stereocenters. The molecular formula is C21H19N3O3. The Morgan fingerprint density at radius 3 is 2.41 bits per heavy atom. The zero-order valence-electron chi connectivity index (χ0n) is 15.3. The van der Waals surface area contributed by atoms with Crippen molar-refractivity contribution in [3.05, 3.63) is 86.5 Å². The fourth-order valence-corrected chi connectivity index (χ4v) is 2.76. The van der Waals surface area contributed by atoms with Gasteiger partial charge in [-0.3, -0.25) is 14.9 Å². The Kier molecular flexibility index (Phi) is 6.23. The first-order valence-corrected chi connectivity index (χ1v) is 8.24. The van der Waals surface area contributed by atoms with Crippen molar-refractivity contribution in [2.45, 2.75) is 20.8 Å². The van der Waals surface area contributed by atoms with Gasteiger partial charge in [0.1, 0.15) is 11.6 Å². The van der Waals surface area contributed by atoms with Gasteiger partial charge in [-0.25, -0.2) is 0 Å². The highest BCUT2D eigenvalue weighted by Gasteiger charge is 2.12. The van der Waals surface area contributed by atoms with E-state index < -0.39 is 10.8 Å². The van der Waals surface area contributed by atoms with Crippen LogP contribution in [0, 0.1) is 42.2 Å². The summed E-state index contributed by atoms with van der Waals surface area (Å²) in [5, 5.41) is 23.1. The van der Waals surface area contributed by atoms with Crippen molar-refractivity contribution in [2.75, 3.05) is 5.32 Å². The number of nitro groups is 1. The smallest absolute Gasteiger partial charge is 0.276 e. The van der Waals surface area contributed by atoms with Crippen LogP contribution in [0.5, 0.6) is 0 Å². The van der Waals surface area contributed by atoms with Crippen LogP contribution in [0.3, 0.4) is 0 Å². The molecule has 0 heterocycles. The van der Waals surface area contributed by atoms with E-state index in [1.165, 1.54) is 24.3 Å². The van der Waals surface area contributed by atoms with E-state index in [0.717, 1.165) is 16.7 Å². The summed E-state index contributed by atoms with van der Waals surface area (Å²) in [5.41, 5.74) is 3.84. The number of anilines is 1. The van der Waals surface area contributed by atoms with Gasteiger partial charge in [0.05, 0.1) is 10.5 Å². The SMILES string of the molecule is Cc1cc(C)c(NC(=O)/C(C#N)=C/C=C/c2ccccc2[N+](=O)[O-])c(C)c1. The zero-order chi connectivity index (χ0) is 20.0. The summed E-state index contributed by atoms with van der Waals surface area (Å²) < 4.78 is 0. The predicted octanol–water partition coefficient (Wildman–Crippen LogP) is 4.62. The second kappa shape index (κ2) is 8.59. The summed E-state index contributed by atoms with van der Waals surface area (Å²) in [6, 6.07) is 12.0. The van der Waals surface area contributed by atoms with Crippen molar-refractivity contribution >= 4 is 23.4 Å². The second-order valence-corrected chi connectivity index (χ2v) is 6.10. The molecule has 1 amide bonds. The van der Waals surface area contributed by atoms with Crippen molar-refractivity contribution in [2.24, 2.45) is 0 Å². The highest BCUT2D eigenvalue weighted by molar-refractivity contribution is 6.07. The number of carbonyl (C=O) groups is 1. The van der Waals surface area contributed by atoms with E-state index in [1.807, 2.05) is 39.0 Å². The van der Waals surface area contributed by atoms with Gasteiger partial charge in [0.15, 0.2) is 0 Å². The molecule has 1 N–H and O–H groups in total. The van der Waals surface area contributed by atoms with Gasteiger partial charge < -0.3 is 5.32 Å². The number of carbonyl (C=O) groups excluding carboxylic acids is 1. The van der Waals surface area contributed by atoms with Crippen LogP contribution in [0.25, 0.3) is 6.08 Å². The average molecular weight is 361 g/mol. The first kappa shape index (κ1) is 19.6. The van der Waals surface area contributed by atoms with Crippen molar-refractivity contribution in [1.82, 2.24) is 0 Å². The van der Waals surface area contributed by atoms with E-state index in [-0.39, 0.29) is 11.3 Å². The largest absolute Gasteiger partial charge is 0.321 e. The van der Waals surface area contributed by atoms with Gasteiger partial charge in [0.25, 0.3) is 11.6 Å². The van der Waals surface area contributed by atoms with Crippen LogP contribution in [0.1, 0.15) is 22.3 Å². The number of para-hydroxylation sites is 1. The number of rotatable bonds is 5. The highest BCUT2D eigenvalue weighted by Crippen LogP contribution is 2.23. The monoisotopic (exact) mass is 361 g/mol. The average Bonchev–Trinajstić information content (AvgIpc) is 2.61. The maximum absolute atomic E-state index is 12.4. The van der Waals surface area contributed by atoms with E-state index in [1.54, 1.807) is 18.2 Å². The van der Waals surface area contributed by atoms with Crippen LogP contribution in [0.4, 0.5) is 11.4 Å². The Morgan fingerprint density at radius 1 is 1.19 bits per heavy atom. The lowest BCUT2D eigenvalue weighted by atomic mass is 10.0. The quantitative estimate of drug-likeness (QED) is 0.276. The minimum atomic E-state index is -0.528. The standard InChI is InChI=1S/C21H19N3O3/c1-14-11-15(2)20(16(3)12-14)23-21(25)18(13-22)9-6-8-17-7-4-5-10-19(17)24(26)27/h4-12H,1-3H3,(H,23,25)/b8-6+,18-9+. The molecule has 6 heteroatoms. The lowest BCUT2D eigenvalue weighted by Gasteiger charge is -2.12. The van der Waals surface area contributed by atoms with Gasteiger partial charge in [0.2, 0.25) is 0 Å². The minimum Gasteiger partial charge on any atom is -0.321 e. The van der Waals surface area contributed by atoms with Crippen LogP contribution in [0.2, 0.25) is 0 Å². The van der Waals surface area contributed by atoms with Crippen molar-refractivity contribution in [1.29, 1.82) is 5.26 Å². The Hall–Kier alpha value is -3.72. The summed E-state index contributed by atoms with van der Waals surface area (Å²) in [5.74, 6) is -0.528.